The largest absolute Gasteiger partial charge is 0.493 e. The van der Waals surface area contributed by atoms with E-state index in [0.29, 0.717) is 29.4 Å². The van der Waals surface area contributed by atoms with Crippen LogP contribution in [-0.4, -0.2) is 30.0 Å². The first kappa shape index (κ1) is 19.3. The Morgan fingerprint density at radius 1 is 0.933 bits per heavy atom. The van der Waals surface area contributed by atoms with Gasteiger partial charge in [-0.05, 0) is 28.5 Å². The number of methoxy groups -OCH3 is 2. The molecule has 0 aliphatic heterocycles. The minimum absolute atomic E-state index is 0.369. The highest BCUT2D eigenvalue weighted by molar-refractivity contribution is 5.99. The lowest BCUT2D eigenvalue weighted by molar-refractivity contribution is 0.262. The molecule has 0 saturated carbocycles. The zero-order valence-electron chi connectivity index (χ0n) is 16.8. The van der Waals surface area contributed by atoms with Gasteiger partial charge < -0.3 is 20.1 Å². The lowest BCUT2D eigenvalue weighted by atomic mass is 10.0. The van der Waals surface area contributed by atoms with Crippen LogP contribution in [0.15, 0.2) is 73.1 Å². The molecular formula is C23H22N4O3. The third-order valence-corrected chi connectivity index (χ3v) is 4.74. The summed E-state index contributed by atoms with van der Waals surface area (Å²) in [5, 5.41) is 12.3. The molecule has 0 unspecified atom stereocenters. The van der Waals surface area contributed by atoms with E-state index in [1.54, 1.807) is 49.5 Å². The molecule has 4 aromatic rings. The van der Waals surface area contributed by atoms with Gasteiger partial charge in [0.05, 0.1) is 32.6 Å². The number of amides is 2. The van der Waals surface area contributed by atoms with Crippen molar-refractivity contribution < 1.29 is 14.3 Å². The fourth-order valence-corrected chi connectivity index (χ4v) is 3.33. The molecule has 0 aliphatic carbocycles. The number of anilines is 2. The molecule has 0 radical (unpaired) electrons. The second-order valence-corrected chi connectivity index (χ2v) is 6.71. The van der Waals surface area contributed by atoms with Crippen LogP contribution in [0.2, 0.25) is 0 Å². The van der Waals surface area contributed by atoms with Crippen LogP contribution in [0.3, 0.4) is 0 Å². The second kappa shape index (κ2) is 8.57. The van der Waals surface area contributed by atoms with Gasteiger partial charge >= 0.3 is 6.03 Å². The summed E-state index contributed by atoms with van der Waals surface area (Å²) in [5.41, 5.74) is 2.36. The zero-order valence-corrected chi connectivity index (χ0v) is 16.8. The molecule has 7 heteroatoms. The number of fused-ring (bicyclic) bond motifs is 1. The van der Waals surface area contributed by atoms with E-state index in [1.165, 1.54) is 10.8 Å². The summed E-state index contributed by atoms with van der Waals surface area (Å²) in [5.74, 6) is 1.14. The number of carbonyl (C=O) groups is 1. The molecule has 7 nitrogen and oxygen atoms in total. The van der Waals surface area contributed by atoms with Crippen LogP contribution >= 0.6 is 0 Å². The van der Waals surface area contributed by atoms with Crippen molar-refractivity contribution in [2.75, 3.05) is 24.9 Å². The van der Waals surface area contributed by atoms with Crippen molar-refractivity contribution in [1.82, 2.24) is 9.78 Å². The Kier molecular flexibility index (Phi) is 5.52. The lowest BCUT2D eigenvalue weighted by Gasteiger charge is -2.10. The van der Waals surface area contributed by atoms with Crippen LogP contribution in [0.4, 0.5) is 16.2 Å². The van der Waals surface area contributed by atoms with Crippen molar-refractivity contribution in [3.63, 3.8) is 0 Å². The minimum Gasteiger partial charge on any atom is -0.493 e. The lowest BCUT2D eigenvalue weighted by Crippen LogP contribution is -2.19. The highest BCUT2D eigenvalue weighted by Crippen LogP contribution is 2.29. The predicted octanol–water partition coefficient (Wildman–Crippen LogP) is 4.75. The Morgan fingerprint density at radius 3 is 2.53 bits per heavy atom. The molecule has 1 heterocycles. The SMILES string of the molecule is COc1ccc(NC(=O)Nc2cnn(Cc3cccc4ccccc34)c2)cc1OC. The number of carbonyl (C=O) groups excluding carboxylic acids is 1. The first-order chi connectivity index (χ1) is 14.7. The van der Waals surface area contributed by atoms with Crippen LogP contribution in [0.1, 0.15) is 5.56 Å². The summed E-state index contributed by atoms with van der Waals surface area (Å²) in [6.07, 6.45) is 3.43. The standard InChI is InChI=1S/C23H22N4O3/c1-29-21-11-10-18(12-22(21)30-2)25-23(28)26-19-13-24-27(15-19)14-17-8-5-7-16-6-3-4-9-20(16)17/h3-13,15H,14H2,1-2H3,(H2,25,26,28). The number of benzene rings is 3. The highest BCUT2D eigenvalue weighted by Gasteiger charge is 2.09. The van der Waals surface area contributed by atoms with Gasteiger partial charge in [-0.25, -0.2) is 4.79 Å². The number of hydrogen-bond donors (Lipinski definition) is 2. The fraction of sp³-hybridized carbons (Fsp3) is 0.130. The monoisotopic (exact) mass is 402 g/mol. The normalized spacial score (nSPS) is 10.6. The topological polar surface area (TPSA) is 77.4 Å². The molecular weight excluding hydrogens is 380 g/mol. The van der Waals surface area contributed by atoms with Crippen molar-refractivity contribution in [2.45, 2.75) is 6.54 Å². The van der Waals surface area contributed by atoms with Crippen LogP contribution in [0.5, 0.6) is 11.5 Å². The van der Waals surface area contributed by atoms with Gasteiger partial charge in [0.25, 0.3) is 0 Å². The van der Waals surface area contributed by atoms with Crippen molar-refractivity contribution in [3.8, 4) is 11.5 Å². The Hall–Kier alpha value is -4.00. The number of nitrogens with one attached hydrogen (secondary N) is 2. The van der Waals surface area contributed by atoms with E-state index in [9.17, 15) is 4.79 Å². The van der Waals surface area contributed by atoms with E-state index in [1.807, 2.05) is 18.2 Å². The molecule has 0 atom stereocenters. The Labute approximate surface area is 174 Å². The average molecular weight is 402 g/mol. The van der Waals surface area contributed by atoms with Gasteiger partial charge in [-0.2, -0.15) is 5.10 Å². The van der Waals surface area contributed by atoms with Crippen molar-refractivity contribution in [2.24, 2.45) is 0 Å². The maximum absolute atomic E-state index is 12.3. The van der Waals surface area contributed by atoms with Crippen LogP contribution < -0.4 is 20.1 Å². The van der Waals surface area contributed by atoms with E-state index in [2.05, 4.69) is 40.0 Å². The van der Waals surface area contributed by atoms with Gasteiger partial charge in [-0.15, -0.1) is 0 Å². The molecule has 0 bridgehead atoms. The summed E-state index contributed by atoms with van der Waals surface area (Å²) >= 11 is 0. The Bertz CT molecular complexity index is 1180. The van der Waals surface area contributed by atoms with Gasteiger partial charge in [0.2, 0.25) is 0 Å². The van der Waals surface area contributed by atoms with Crippen LogP contribution in [0.25, 0.3) is 10.8 Å². The minimum atomic E-state index is -0.369. The first-order valence-corrected chi connectivity index (χ1v) is 9.45. The summed E-state index contributed by atoms with van der Waals surface area (Å²) < 4.78 is 12.3. The van der Waals surface area contributed by atoms with Crippen LogP contribution in [-0.2, 0) is 6.54 Å². The van der Waals surface area contributed by atoms with E-state index in [4.69, 9.17) is 9.47 Å². The maximum Gasteiger partial charge on any atom is 0.323 e. The molecule has 0 spiro atoms. The molecule has 0 fully saturated rings. The van der Waals surface area contributed by atoms with Gasteiger partial charge in [0.15, 0.2) is 11.5 Å². The smallest absolute Gasteiger partial charge is 0.323 e. The molecule has 152 valence electrons. The molecule has 3 aromatic carbocycles. The predicted molar refractivity (Wildman–Crippen MR) is 117 cm³/mol. The molecule has 1 aromatic heterocycles. The number of ether oxygens (including phenoxy) is 2. The third-order valence-electron chi connectivity index (χ3n) is 4.74. The number of urea groups is 1. The summed E-state index contributed by atoms with van der Waals surface area (Å²) in [6, 6.07) is 19.3. The first-order valence-electron chi connectivity index (χ1n) is 9.45. The number of rotatable bonds is 6. The van der Waals surface area contributed by atoms with Crippen LogP contribution in [0, 0.1) is 0 Å². The van der Waals surface area contributed by atoms with Gasteiger partial charge in [-0.3, -0.25) is 4.68 Å². The molecule has 2 N–H and O–H groups in total. The van der Waals surface area contributed by atoms with Gasteiger partial charge in [-0.1, -0.05) is 42.5 Å². The summed E-state index contributed by atoms with van der Waals surface area (Å²) in [7, 11) is 3.11. The molecule has 0 saturated heterocycles. The van der Waals surface area contributed by atoms with Crippen molar-refractivity contribution >= 4 is 28.2 Å². The Morgan fingerprint density at radius 2 is 1.70 bits per heavy atom. The van der Waals surface area contributed by atoms with Crippen molar-refractivity contribution in [1.29, 1.82) is 0 Å². The van der Waals surface area contributed by atoms with E-state index < -0.39 is 0 Å². The van der Waals surface area contributed by atoms with Gasteiger partial charge in [0.1, 0.15) is 0 Å². The van der Waals surface area contributed by atoms with E-state index >= 15 is 0 Å². The fourth-order valence-electron chi connectivity index (χ4n) is 3.33. The summed E-state index contributed by atoms with van der Waals surface area (Å²) in [4.78, 5) is 12.3. The maximum atomic E-state index is 12.3. The second-order valence-electron chi connectivity index (χ2n) is 6.71. The third kappa shape index (κ3) is 4.20. The quantitative estimate of drug-likeness (QED) is 0.488. The molecule has 2 amide bonds. The number of hydrogen-bond acceptors (Lipinski definition) is 4. The highest BCUT2D eigenvalue weighted by atomic mass is 16.5. The number of aromatic nitrogens is 2. The average Bonchev–Trinajstić information content (AvgIpc) is 3.20. The summed E-state index contributed by atoms with van der Waals surface area (Å²) in [6.45, 7) is 0.611. The molecule has 4 rings (SSSR count). The molecule has 0 aliphatic rings. The van der Waals surface area contributed by atoms with Crippen molar-refractivity contribution in [3.05, 3.63) is 78.6 Å². The number of nitrogens with zero attached hydrogens (tertiary/aromatic N) is 2. The molecule has 30 heavy (non-hydrogen) atoms. The van der Waals surface area contributed by atoms with Gasteiger partial charge in [0, 0.05) is 18.0 Å². The Balaban J connectivity index is 1.42. The van der Waals surface area contributed by atoms with E-state index in [0.717, 1.165) is 5.56 Å². The van der Waals surface area contributed by atoms with E-state index in [-0.39, 0.29) is 6.03 Å². The zero-order chi connectivity index (χ0) is 20.9.